The molecule has 0 radical (unpaired) electrons. The fourth-order valence-corrected chi connectivity index (χ4v) is 3.64. The van der Waals surface area contributed by atoms with Crippen molar-refractivity contribution in [1.82, 2.24) is 0 Å². The Bertz CT molecular complexity index is 917. The fourth-order valence-electron chi connectivity index (χ4n) is 2.82. The number of rotatable bonds is 11. The van der Waals surface area contributed by atoms with Crippen molar-refractivity contribution < 1.29 is 23.8 Å². The molecule has 0 N–H and O–H groups in total. The summed E-state index contributed by atoms with van der Waals surface area (Å²) in [6, 6.07) is 12.0. The molecule has 2 aromatic rings. The van der Waals surface area contributed by atoms with Crippen molar-refractivity contribution in [1.29, 1.82) is 0 Å². The number of hydrogen-bond acceptors (Lipinski definition) is 7. The molecule has 0 saturated heterocycles. The molecule has 2 atom stereocenters. The third-order valence-corrected chi connectivity index (χ3v) is 5.70. The van der Waals surface area contributed by atoms with Crippen LogP contribution in [0.15, 0.2) is 64.8 Å². The molecule has 0 aliphatic carbocycles. The fraction of sp³-hybridized carbons (Fsp3) is 0.333. The molecule has 0 bridgehead atoms. The van der Waals surface area contributed by atoms with E-state index in [9.17, 15) is 4.79 Å². The average Bonchev–Trinajstić information content (AvgIpc) is 3.27. The Hall–Kier alpha value is -2.90. The largest absolute Gasteiger partial charge is 0.500 e. The van der Waals surface area contributed by atoms with Crippen LogP contribution in [0.25, 0.3) is 6.08 Å². The monoisotopic (exact) mass is 443 g/mol. The molecule has 0 aliphatic heterocycles. The molecule has 1 heterocycles. The highest BCUT2D eigenvalue weighted by Crippen LogP contribution is 2.22. The van der Waals surface area contributed by atoms with Crippen molar-refractivity contribution >= 4 is 29.1 Å². The van der Waals surface area contributed by atoms with Crippen molar-refractivity contribution in [3.8, 4) is 0 Å². The SMILES string of the molecule is COC(=O)/C=C(/OC)[C@H](C)[C@H](/C=C/c1csc(/C(C)=N\OCc2ccccc2)c1)OC. The van der Waals surface area contributed by atoms with Crippen LogP contribution in [0, 0.1) is 5.92 Å². The number of carbonyl (C=O) groups is 1. The number of thiophene rings is 1. The van der Waals surface area contributed by atoms with Gasteiger partial charge in [0.1, 0.15) is 12.4 Å². The lowest BCUT2D eigenvalue weighted by Gasteiger charge is -2.21. The van der Waals surface area contributed by atoms with Gasteiger partial charge in [0.05, 0.1) is 37.0 Å². The van der Waals surface area contributed by atoms with Crippen LogP contribution in [-0.2, 0) is 30.4 Å². The second-order valence-electron chi connectivity index (χ2n) is 6.80. The van der Waals surface area contributed by atoms with E-state index in [0.717, 1.165) is 21.7 Å². The van der Waals surface area contributed by atoms with Gasteiger partial charge in [-0.05, 0) is 29.5 Å². The summed E-state index contributed by atoms with van der Waals surface area (Å²) in [4.78, 5) is 18.0. The lowest BCUT2D eigenvalue weighted by molar-refractivity contribution is -0.135. The molecule has 0 saturated carbocycles. The summed E-state index contributed by atoms with van der Waals surface area (Å²) in [5, 5.41) is 6.27. The predicted octanol–water partition coefficient (Wildman–Crippen LogP) is 5.06. The van der Waals surface area contributed by atoms with Crippen LogP contribution in [0.3, 0.4) is 0 Å². The minimum absolute atomic E-state index is 0.168. The van der Waals surface area contributed by atoms with Crippen LogP contribution >= 0.6 is 11.3 Å². The quantitative estimate of drug-likeness (QED) is 0.160. The first-order valence-electron chi connectivity index (χ1n) is 9.82. The maximum absolute atomic E-state index is 11.5. The summed E-state index contributed by atoms with van der Waals surface area (Å²) in [7, 11) is 4.47. The number of hydrogen-bond donors (Lipinski definition) is 0. The number of esters is 1. The zero-order chi connectivity index (χ0) is 22.6. The molecule has 0 fully saturated rings. The molecule has 1 aromatic carbocycles. The second-order valence-corrected chi connectivity index (χ2v) is 7.71. The van der Waals surface area contributed by atoms with Crippen LogP contribution < -0.4 is 0 Å². The van der Waals surface area contributed by atoms with E-state index >= 15 is 0 Å². The third-order valence-electron chi connectivity index (χ3n) is 4.64. The molecular weight excluding hydrogens is 414 g/mol. The van der Waals surface area contributed by atoms with Crippen LogP contribution in [0.2, 0.25) is 0 Å². The molecule has 6 nitrogen and oxygen atoms in total. The van der Waals surface area contributed by atoms with E-state index in [4.69, 9.17) is 14.3 Å². The van der Waals surface area contributed by atoms with Crippen molar-refractivity contribution in [2.45, 2.75) is 26.6 Å². The van der Waals surface area contributed by atoms with Gasteiger partial charge in [-0.15, -0.1) is 11.3 Å². The lowest BCUT2D eigenvalue weighted by Crippen LogP contribution is -2.21. The van der Waals surface area contributed by atoms with Crippen molar-refractivity contribution in [3.63, 3.8) is 0 Å². The predicted molar refractivity (Wildman–Crippen MR) is 124 cm³/mol. The molecular formula is C24H29NO5S. The first kappa shape index (κ1) is 24.4. The Kier molecular flexibility index (Phi) is 10.00. The molecule has 2 rings (SSSR count). The third kappa shape index (κ3) is 7.70. The number of benzene rings is 1. The first-order chi connectivity index (χ1) is 15.0. The van der Waals surface area contributed by atoms with Gasteiger partial charge < -0.3 is 19.0 Å². The van der Waals surface area contributed by atoms with Crippen molar-refractivity contribution in [2.75, 3.05) is 21.3 Å². The average molecular weight is 444 g/mol. The minimum Gasteiger partial charge on any atom is -0.500 e. The summed E-state index contributed by atoms with van der Waals surface area (Å²) in [5.41, 5.74) is 2.92. The highest BCUT2D eigenvalue weighted by molar-refractivity contribution is 7.12. The van der Waals surface area contributed by atoms with Crippen LogP contribution in [0.5, 0.6) is 0 Å². The lowest BCUT2D eigenvalue weighted by atomic mass is 10.0. The molecule has 0 amide bonds. The van der Waals surface area contributed by atoms with Crippen molar-refractivity contribution in [2.24, 2.45) is 11.1 Å². The van der Waals surface area contributed by atoms with Gasteiger partial charge in [0.2, 0.25) is 0 Å². The van der Waals surface area contributed by atoms with E-state index in [1.54, 1.807) is 18.4 Å². The Balaban J connectivity index is 2.01. The van der Waals surface area contributed by atoms with E-state index < -0.39 is 5.97 Å². The Morgan fingerprint density at radius 1 is 1.16 bits per heavy atom. The molecule has 0 aliphatic rings. The standard InChI is InChI=1S/C24H29NO5S/c1-17(22(28-4)14-24(26)29-5)21(27-3)12-11-20-13-23(31-16-20)18(2)25-30-15-19-9-7-6-8-10-19/h6-14,16-17,21H,15H2,1-5H3/b12-11+,22-14+,25-18-/t17-,21+/m1/s1. The molecule has 0 spiro atoms. The van der Waals surface area contributed by atoms with E-state index in [-0.39, 0.29) is 12.0 Å². The zero-order valence-electron chi connectivity index (χ0n) is 18.5. The van der Waals surface area contributed by atoms with E-state index in [0.29, 0.717) is 12.4 Å². The molecule has 1 aromatic heterocycles. The molecule has 31 heavy (non-hydrogen) atoms. The van der Waals surface area contributed by atoms with E-state index in [1.165, 1.54) is 20.3 Å². The van der Waals surface area contributed by atoms with Gasteiger partial charge in [-0.1, -0.05) is 54.6 Å². The smallest absolute Gasteiger partial charge is 0.333 e. The van der Waals surface area contributed by atoms with Crippen LogP contribution in [0.4, 0.5) is 0 Å². The minimum atomic E-state index is -0.464. The number of oxime groups is 1. The number of carbonyl (C=O) groups excluding carboxylic acids is 1. The molecule has 0 unspecified atom stereocenters. The van der Waals surface area contributed by atoms with Gasteiger partial charge in [0.15, 0.2) is 0 Å². The first-order valence-corrected chi connectivity index (χ1v) is 10.7. The van der Waals surface area contributed by atoms with Gasteiger partial charge in [-0.3, -0.25) is 0 Å². The summed E-state index contributed by atoms with van der Waals surface area (Å²) in [6.07, 6.45) is 4.98. The van der Waals surface area contributed by atoms with Gasteiger partial charge in [-0.2, -0.15) is 0 Å². The number of nitrogens with zero attached hydrogens (tertiary/aromatic N) is 1. The number of ether oxygens (including phenoxy) is 3. The Morgan fingerprint density at radius 2 is 1.90 bits per heavy atom. The summed E-state index contributed by atoms with van der Waals surface area (Å²) in [6.45, 7) is 4.29. The maximum atomic E-state index is 11.5. The van der Waals surface area contributed by atoms with Crippen LogP contribution in [0.1, 0.15) is 29.9 Å². The summed E-state index contributed by atoms with van der Waals surface area (Å²) < 4.78 is 15.6. The summed E-state index contributed by atoms with van der Waals surface area (Å²) in [5.74, 6) is -0.139. The number of methoxy groups -OCH3 is 3. The highest BCUT2D eigenvalue weighted by atomic mass is 32.1. The molecule has 7 heteroatoms. The van der Waals surface area contributed by atoms with Crippen molar-refractivity contribution in [3.05, 3.63) is 75.7 Å². The van der Waals surface area contributed by atoms with Gasteiger partial charge in [-0.25, -0.2) is 4.79 Å². The zero-order valence-corrected chi connectivity index (χ0v) is 19.3. The topological polar surface area (TPSA) is 66.4 Å². The van der Waals surface area contributed by atoms with E-state index in [2.05, 4.69) is 9.89 Å². The van der Waals surface area contributed by atoms with Gasteiger partial charge in [0.25, 0.3) is 0 Å². The van der Waals surface area contributed by atoms with Crippen LogP contribution in [-0.4, -0.2) is 39.1 Å². The highest BCUT2D eigenvalue weighted by Gasteiger charge is 2.20. The Labute approximate surface area is 187 Å². The second kappa shape index (κ2) is 12.7. The van der Waals surface area contributed by atoms with E-state index in [1.807, 2.05) is 67.8 Å². The Morgan fingerprint density at radius 3 is 2.55 bits per heavy atom. The summed E-state index contributed by atoms with van der Waals surface area (Å²) >= 11 is 1.59. The maximum Gasteiger partial charge on any atom is 0.333 e. The van der Waals surface area contributed by atoms with Gasteiger partial charge >= 0.3 is 5.97 Å². The van der Waals surface area contributed by atoms with Gasteiger partial charge in [0, 0.05) is 13.0 Å². The normalized spacial score (nSPS) is 14.4. The molecule has 166 valence electrons.